The van der Waals surface area contributed by atoms with Crippen molar-refractivity contribution in [3.05, 3.63) is 89.2 Å². The summed E-state index contributed by atoms with van der Waals surface area (Å²) in [5.41, 5.74) is 2.86. The zero-order valence-electron chi connectivity index (χ0n) is 15.0. The highest BCUT2D eigenvalue weighted by molar-refractivity contribution is 6.33. The van der Waals surface area contributed by atoms with Crippen molar-refractivity contribution in [3.8, 4) is 11.3 Å². The van der Waals surface area contributed by atoms with E-state index < -0.39 is 5.97 Å². The lowest BCUT2D eigenvalue weighted by atomic mass is 10.0. The Morgan fingerprint density at radius 3 is 2.39 bits per heavy atom. The maximum Gasteiger partial charge on any atom is 0.335 e. The van der Waals surface area contributed by atoms with Crippen LogP contribution < -0.4 is 0 Å². The number of carboxylic acid groups (broad SMARTS) is 1. The van der Waals surface area contributed by atoms with E-state index in [2.05, 4.69) is 5.10 Å². The smallest absolute Gasteiger partial charge is 0.335 e. The number of carbonyl (C=O) groups is 2. The number of likely N-dealkylation sites (N-methyl/N-ethyl adjacent to an activating group) is 1. The van der Waals surface area contributed by atoms with Gasteiger partial charge in [0, 0.05) is 18.2 Å². The molecule has 0 fully saturated rings. The standard InChI is InChI=1S/C22H16N2O4/c1-24-21(25)18(20(23-24)15-5-3-2-4-6-15)13-17-11-12-19(28-17)14-7-9-16(10-8-14)22(26)27/h2-13H,1H3,(H,26,27)/b18-13-. The van der Waals surface area contributed by atoms with E-state index >= 15 is 0 Å². The Balaban J connectivity index is 1.66. The Kier molecular flexibility index (Phi) is 4.37. The Hall–Kier alpha value is -3.93. The number of hydrazone groups is 1. The predicted molar refractivity (Wildman–Crippen MR) is 105 cm³/mol. The summed E-state index contributed by atoms with van der Waals surface area (Å²) in [5.74, 6) is -0.0870. The number of hydrogen-bond acceptors (Lipinski definition) is 4. The second-order valence-electron chi connectivity index (χ2n) is 6.29. The molecule has 0 unspecified atom stereocenters. The van der Waals surface area contributed by atoms with Crippen molar-refractivity contribution < 1.29 is 19.1 Å². The molecular formula is C22H16N2O4. The lowest BCUT2D eigenvalue weighted by Crippen LogP contribution is -2.16. The van der Waals surface area contributed by atoms with Crippen LogP contribution >= 0.6 is 0 Å². The Labute approximate surface area is 161 Å². The average molecular weight is 372 g/mol. The third kappa shape index (κ3) is 3.23. The van der Waals surface area contributed by atoms with Crippen LogP contribution in [0.3, 0.4) is 0 Å². The van der Waals surface area contributed by atoms with Crippen LogP contribution in [0.25, 0.3) is 17.4 Å². The first-order valence-electron chi connectivity index (χ1n) is 8.60. The van der Waals surface area contributed by atoms with E-state index in [0.29, 0.717) is 22.8 Å². The number of aromatic carboxylic acids is 1. The molecule has 0 radical (unpaired) electrons. The molecule has 2 heterocycles. The van der Waals surface area contributed by atoms with Gasteiger partial charge in [0.1, 0.15) is 17.2 Å². The van der Waals surface area contributed by atoms with Crippen LogP contribution in [0.5, 0.6) is 0 Å². The summed E-state index contributed by atoms with van der Waals surface area (Å²) in [5, 5.41) is 14.6. The van der Waals surface area contributed by atoms with Crippen molar-refractivity contribution in [2.24, 2.45) is 5.10 Å². The van der Waals surface area contributed by atoms with E-state index in [4.69, 9.17) is 9.52 Å². The fourth-order valence-corrected chi connectivity index (χ4v) is 2.97. The molecule has 0 aliphatic carbocycles. The molecule has 138 valence electrons. The van der Waals surface area contributed by atoms with Gasteiger partial charge in [0.2, 0.25) is 0 Å². The molecule has 6 nitrogen and oxygen atoms in total. The van der Waals surface area contributed by atoms with Crippen molar-refractivity contribution in [1.29, 1.82) is 0 Å². The first kappa shape index (κ1) is 17.5. The second-order valence-corrected chi connectivity index (χ2v) is 6.29. The molecule has 0 atom stereocenters. The Morgan fingerprint density at radius 2 is 1.71 bits per heavy atom. The minimum Gasteiger partial charge on any atom is -0.478 e. The summed E-state index contributed by atoms with van der Waals surface area (Å²) < 4.78 is 5.85. The topological polar surface area (TPSA) is 83.1 Å². The van der Waals surface area contributed by atoms with Crippen molar-refractivity contribution in [2.45, 2.75) is 0 Å². The van der Waals surface area contributed by atoms with E-state index in [1.54, 1.807) is 37.4 Å². The molecule has 3 aromatic rings. The van der Waals surface area contributed by atoms with E-state index in [1.807, 2.05) is 30.3 Å². The number of nitrogens with zero attached hydrogens (tertiary/aromatic N) is 2. The van der Waals surface area contributed by atoms with Gasteiger partial charge in [0.05, 0.1) is 11.1 Å². The number of rotatable bonds is 4. The number of hydrogen-bond donors (Lipinski definition) is 1. The number of benzene rings is 2. The van der Waals surface area contributed by atoms with Crippen molar-refractivity contribution in [3.63, 3.8) is 0 Å². The first-order valence-corrected chi connectivity index (χ1v) is 8.60. The zero-order valence-corrected chi connectivity index (χ0v) is 15.0. The van der Waals surface area contributed by atoms with Crippen LogP contribution in [-0.2, 0) is 4.79 Å². The first-order chi connectivity index (χ1) is 13.5. The monoisotopic (exact) mass is 372 g/mol. The van der Waals surface area contributed by atoms with Crippen molar-refractivity contribution in [2.75, 3.05) is 7.05 Å². The number of carboxylic acids is 1. The molecular weight excluding hydrogens is 356 g/mol. The molecule has 28 heavy (non-hydrogen) atoms. The van der Waals surface area contributed by atoms with Gasteiger partial charge in [-0.1, -0.05) is 42.5 Å². The van der Waals surface area contributed by atoms with Gasteiger partial charge in [-0.15, -0.1) is 0 Å². The van der Waals surface area contributed by atoms with Gasteiger partial charge in [-0.2, -0.15) is 5.10 Å². The third-order valence-electron chi connectivity index (χ3n) is 4.41. The second kappa shape index (κ2) is 7.00. The molecule has 0 saturated carbocycles. The summed E-state index contributed by atoms with van der Waals surface area (Å²) in [4.78, 5) is 23.5. The molecule has 1 amide bonds. The summed E-state index contributed by atoms with van der Waals surface area (Å²) in [6.45, 7) is 0. The predicted octanol–water partition coefficient (Wildman–Crippen LogP) is 3.90. The minimum absolute atomic E-state index is 0.206. The molecule has 6 heteroatoms. The van der Waals surface area contributed by atoms with E-state index in [1.165, 1.54) is 17.1 Å². The molecule has 1 aromatic heterocycles. The van der Waals surface area contributed by atoms with E-state index in [0.717, 1.165) is 11.1 Å². The summed E-state index contributed by atoms with van der Waals surface area (Å²) in [7, 11) is 1.61. The fraction of sp³-hybridized carbons (Fsp3) is 0.0455. The normalized spacial score (nSPS) is 15.2. The van der Waals surface area contributed by atoms with Crippen LogP contribution in [-0.4, -0.2) is 34.8 Å². The fourth-order valence-electron chi connectivity index (χ4n) is 2.97. The molecule has 4 rings (SSSR count). The maximum absolute atomic E-state index is 12.5. The number of carbonyl (C=O) groups excluding carboxylic acids is 1. The zero-order chi connectivity index (χ0) is 19.7. The van der Waals surface area contributed by atoms with Crippen molar-refractivity contribution >= 4 is 23.7 Å². The molecule has 1 N–H and O–H groups in total. The largest absolute Gasteiger partial charge is 0.478 e. The van der Waals surface area contributed by atoms with Gasteiger partial charge in [-0.3, -0.25) is 4.79 Å². The molecule has 0 bridgehead atoms. The van der Waals surface area contributed by atoms with Gasteiger partial charge in [-0.05, 0) is 30.3 Å². The maximum atomic E-state index is 12.5. The van der Waals surface area contributed by atoms with Gasteiger partial charge < -0.3 is 9.52 Å². The number of amides is 1. The molecule has 1 aliphatic rings. The average Bonchev–Trinajstić information content (AvgIpc) is 3.29. The van der Waals surface area contributed by atoms with Crippen LogP contribution in [0.1, 0.15) is 21.7 Å². The number of furan rings is 1. The molecule has 0 saturated heterocycles. The summed E-state index contributed by atoms with van der Waals surface area (Å²) in [6, 6.07) is 19.5. The van der Waals surface area contributed by atoms with Crippen LogP contribution in [0, 0.1) is 0 Å². The highest BCUT2D eigenvalue weighted by Gasteiger charge is 2.28. The highest BCUT2D eigenvalue weighted by Crippen LogP contribution is 2.26. The highest BCUT2D eigenvalue weighted by atomic mass is 16.4. The van der Waals surface area contributed by atoms with Gasteiger partial charge in [0.25, 0.3) is 5.91 Å². The Morgan fingerprint density at radius 1 is 1.00 bits per heavy atom. The Bertz CT molecular complexity index is 1110. The van der Waals surface area contributed by atoms with Gasteiger partial charge in [-0.25, -0.2) is 9.80 Å². The third-order valence-corrected chi connectivity index (χ3v) is 4.41. The van der Waals surface area contributed by atoms with E-state index in [9.17, 15) is 9.59 Å². The van der Waals surface area contributed by atoms with Crippen molar-refractivity contribution in [1.82, 2.24) is 5.01 Å². The lowest BCUT2D eigenvalue weighted by molar-refractivity contribution is -0.124. The van der Waals surface area contributed by atoms with Crippen LogP contribution in [0.2, 0.25) is 0 Å². The lowest BCUT2D eigenvalue weighted by Gasteiger charge is -2.02. The van der Waals surface area contributed by atoms with Crippen LogP contribution in [0.15, 0.2) is 81.8 Å². The summed E-state index contributed by atoms with van der Waals surface area (Å²) >= 11 is 0. The molecule has 2 aromatic carbocycles. The van der Waals surface area contributed by atoms with E-state index in [-0.39, 0.29) is 11.5 Å². The SMILES string of the molecule is CN1N=C(c2ccccc2)/C(=C/c2ccc(-c3ccc(C(=O)O)cc3)o2)C1=O. The quantitative estimate of drug-likeness (QED) is 0.704. The minimum atomic E-state index is -0.979. The van der Waals surface area contributed by atoms with Gasteiger partial charge >= 0.3 is 5.97 Å². The van der Waals surface area contributed by atoms with Gasteiger partial charge in [0.15, 0.2) is 0 Å². The molecule has 0 spiro atoms. The molecule has 1 aliphatic heterocycles. The summed E-state index contributed by atoms with van der Waals surface area (Å²) in [6.07, 6.45) is 1.67. The van der Waals surface area contributed by atoms with Crippen LogP contribution in [0.4, 0.5) is 0 Å².